The van der Waals surface area contributed by atoms with Gasteiger partial charge in [0.25, 0.3) is 0 Å². The van der Waals surface area contributed by atoms with E-state index in [1.54, 1.807) is 6.21 Å². The second-order valence-electron chi connectivity index (χ2n) is 1.98. The minimum Gasteiger partial charge on any atom is -0.241 e. The first-order valence-corrected chi connectivity index (χ1v) is 3.27. The zero-order chi connectivity index (χ0) is 6.97. The molecule has 0 unspecified atom stereocenters. The van der Waals surface area contributed by atoms with Crippen LogP contribution < -0.4 is 0 Å². The summed E-state index contributed by atoms with van der Waals surface area (Å²) in [5.74, 6) is 0.708. The number of aromatic nitrogens is 2. The lowest BCUT2D eigenvalue weighted by Crippen LogP contribution is -1.86. The van der Waals surface area contributed by atoms with Crippen LogP contribution >= 0.6 is 11.6 Å². The van der Waals surface area contributed by atoms with Gasteiger partial charge >= 0.3 is 0 Å². The van der Waals surface area contributed by atoms with E-state index < -0.39 is 0 Å². The fourth-order valence-electron chi connectivity index (χ4n) is 0.892. The van der Waals surface area contributed by atoms with Crippen LogP contribution in [0.15, 0.2) is 11.3 Å². The molecule has 1 aliphatic heterocycles. The van der Waals surface area contributed by atoms with Crippen molar-refractivity contribution in [2.75, 3.05) is 0 Å². The Hall–Kier alpha value is -0.960. The molecule has 0 saturated heterocycles. The predicted octanol–water partition coefficient (Wildman–Crippen LogP) is 1.39. The van der Waals surface area contributed by atoms with Gasteiger partial charge < -0.3 is 0 Å². The van der Waals surface area contributed by atoms with Crippen molar-refractivity contribution in [2.45, 2.75) is 6.42 Å². The highest BCUT2D eigenvalue weighted by atomic mass is 35.5. The van der Waals surface area contributed by atoms with Crippen molar-refractivity contribution in [2.24, 2.45) is 4.99 Å². The van der Waals surface area contributed by atoms with E-state index in [1.807, 2.05) is 0 Å². The fourth-order valence-corrected chi connectivity index (χ4v) is 1.10. The second kappa shape index (κ2) is 2.02. The molecule has 0 atom stereocenters. The summed E-state index contributed by atoms with van der Waals surface area (Å²) in [4.78, 5) is 11.8. The van der Waals surface area contributed by atoms with E-state index >= 15 is 0 Å². The smallest absolute Gasteiger partial charge is 0.159 e. The second-order valence-corrected chi connectivity index (χ2v) is 2.34. The Morgan fingerprint density at radius 2 is 2.30 bits per heavy atom. The van der Waals surface area contributed by atoms with Gasteiger partial charge in [-0.2, -0.15) is 0 Å². The number of halogens is 1. The van der Waals surface area contributed by atoms with Gasteiger partial charge in [0.05, 0.1) is 0 Å². The van der Waals surface area contributed by atoms with Crippen LogP contribution in [0.25, 0.3) is 0 Å². The minimum atomic E-state index is 0.516. The molecule has 3 nitrogen and oxygen atoms in total. The van der Waals surface area contributed by atoms with Gasteiger partial charge in [0.15, 0.2) is 5.82 Å². The van der Waals surface area contributed by atoms with Crippen molar-refractivity contribution in [3.63, 3.8) is 0 Å². The molecule has 0 aliphatic carbocycles. The molecule has 0 spiro atoms. The lowest BCUT2D eigenvalue weighted by molar-refractivity contribution is 1.12. The maximum atomic E-state index is 5.74. The largest absolute Gasteiger partial charge is 0.241 e. The van der Waals surface area contributed by atoms with E-state index in [9.17, 15) is 0 Å². The maximum Gasteiger partial charge on any atom is 0.159 e. The van der Waals surface area contributed by atoms with Crippen molar-refractivity contribution in [1.82, 2.24) is 9.97 Å². The third-order valence-electron chi connectivity index (χ3n) is 1.38. The molecule has 0 radical (unpaired) electrons. The standard InChI is InChI=1S/C6H4ClN3/c7-5-4-1-2-8-6(4)10-3-9-5/h2-3H,1H2. The van der Waals surface area contributed by atoms with Crippen molar-refractivity contribution < 1.29 is 0 Å². The van der Waals surface area contributed by atoms with Crippen LogP contribution in [0, 0.1) is 0 Å². The Bertz CT molecular complexity index is 295. The summed E-state index contributed by atoms with van der Waals surface area (Å²) in [6.07, 6.45) is 3.96. The van der Waals surface area contributed by atoms with Crippen molar-refractivity contribution in [3.05, 3.63) is 17.0 Å². The van der Waals surface area contributed by atoms with Crippen LogP contribution in [0.3, 0.4) is 0 Å². The molecule has 2 heterocycles. The van der Waals surface area contributed by atoms with Crippen molar-refractivity contribution in [1.29, 1.82) is 0 Å². The summed E-state index contributed by atoms with van der Waals surface area (Å²) in [6, 6.07) is 0. The molecule has 1 aliphatic rings. The van der Waals surface area contributed by atoms with Crippen LogP contribution in [-0.2, 0) is 6.42 Å². The first-order chi connectivity index (χ1) is 4.88. The topological polar surface area (TPSA) is 38.1 Å². The fraction of sp³-hybridized carbons (Fsp3) is 0.167. The average molecular weight is 154 g/mol. The molecular formula is C6H4ClN3. The van der Waals surface area contributed by atoms with Crippen molar-refractivity contribution >= 4 is 23.6 Å². The van der Waals surface area contributed by atoms with Crippen LogP contribution in [0.5, 0.6) is 0 Å². The first kappa shape index (κ1) is 5.80. The van der Waals surface area contributed by atoms with Gasteiger partial charge in [-0.05, 0) is 0 Å². The molecule has 1 aromatic rings. The number of hydrogen-bond acceptors (Lipinski definition) is 3. The van der Waals surface area contributed by atoms with E-state index in [1.165, 1.54) is 6.33 Å². The number of fused-ring (bicyclic) bond motifs is 1. The van der Waals surface area contributed by atoms with E-state index in [-0.39, 0.29) is 0 Å². The number of aliphatic imine (C=N–C) groups is 1. The van der Waals surface area contributed by atoms with Gasteiger partial charge in [-0.15, -0.1) is 0 Å². The Morgan fingerprint density at radius 1 is 1.40 bits per heavy atom. The van der Waals surface area contributed by atoms with Gasteiger partial charge in [0.2, 0.25) is 0 Å². The van der Waals surface area contributed by atoms with E-state index in [0.29, 0.717) is 11.0 Å². The summed E-state index contributed by atoms with van der Waals surface area (Å²) < 4.78 is 0. The molecule has 50 valence electrons. The Kier molecular flexibility index (Phi) is 1.17. The third-order valence-corrected chi connectivity index (χ3v) is 1.70. The predicted molar refractivity (Wildman–Crippen MR) is 38.9 cm³/mol. The highest BCUT2D eigenvalue weighted by molar-refractivity contribution is 6.30. The molecule has 0 aromatic carbocycles. The van der Waals surface area contributed by atoms with E-state index in [2.05, 4.69) is 15.0 Å². The molecule has 4 heteroatoms. The molecule has 0 saturated carbocycles. The molecule has 1 aromatic heterocycles. The van der Waals surface area contributed by atoms with E-state index in [0.717, 1.165) is 12.0 Å². The molecule has 0 bridgehead atoms. The molecule has 0 N–H and O–H groups in total. The molecular weight excluding hydrogens is 150 g/mol. The Balaban J connectivity index is 2.66. The van der Waals surface area contributed by atoms with Gasteiger partial charge in [0.1, 0.15) is 11.5 Å². The lowest BCUT2D eigenvalue weighted by atomic mass is 10.3. The lowest BCUT2D eigenvalue weighted by Gasteiger charge is -1.94. The molecule has 10 heavy (non-hydrogen) atoms. The summed E-state index contributed by atoms with van der Waals surface area (Å²) in [7, 11) is 0. The first-order valence-electron chi connectivity index (χ1n) is 2.90. The summed E-state index contributed by atoms with van der Waals surface area (Å²) in [6.45, 7) is 0. The van der Waals surface area contributed by atoms with Crippen LogP contribution in [-0.4, -0.2) is 16.2 Å². The van der Waals surface area contributed by atoms with Gasteiger partial charge in [-0.1, -0.05) is 11.6 Å². The zero-order valence-corrected chi connectivity index (χ0v) is 5.84. The zero-order valence-electron chi connectivity index (χ0n) is 5.08. The Labute approximate surface area is 62.8 Å². The summed E-state index contributed by atoms with van der Waals surface area (Å²) in [5.41, 5.74) is 0.934. The van der Waals surface area contributed by atoms with Gasteiger partial charge in [-0.25, -0.2) is 15.0 Å². The number of nitrogens with zero attached hydrogens (tertiary/aromatic N) is 3. The third kappa shape index (κ3) is 0.708. The molecule has 2 rings (SSSR count). The van der Waals surface area contributed by atoms with Crippen LogP contribution in [0.4, 0.5) is 5.82 Å². The average Bonchev–Trinajstić information content (AvgIpc) is 2.36. The maximum absolute atomic E-state index is 5.74. The minimum absolute atomic E-state index is 0.516. The number of rotatable bonds is 0. The quantitative estimate of drug-likeness (QED) is 0.529. The van der Waals surface area contributed by atoms with Crippen LogP contribution in [0.2, 0.25) is 5.15 Å². The Morgan fingerprint density at radius 3 is 3.10 bits per heavy atom. The highest BCUT2D eigenvalue weighted by Crippen LogP contribution is 2.25. The summed E-state index contributed by atoms with van der Waals surface area (Å²) in [5, 5.41) is 0.516. The summed E-state index contributed by atoms with van der Waals surface area (Å²) >= 11 is 5.74. The SMILES string of the molecule is Clc1ncnc2c1CC=N2. The van der Waals surface area contributed by atoms with E-state index in [4.69, 9.17) is 11.6 Å². The van der Waals surface area contributed by atoms with Crippen LogP contribution in [0.1, 0.15) is 5.56 Å². The van der Waals surface area contributed by atoms with Gasteiger partial charge in [0, 0.05) is 18.2 Å². The normalized spacial score (nSPS) is 13.7. The monoisotopic (exact) mass is 153 g/mol. The molecule has 0 fully saturated rings. The number of hydrogen-bond donors (Lipinski definition) is 0. The van der Waals surface area contributed by atoms with Gasteiger partial charge in [-0.3, -0.25) is 0 Å². The van der Waals surface area contributed by atoms with Crippen molar-refractivity contribution in [3.8, 4) is 0 Å². The molecule has 0 amide bonds. The highest BCUT2D eigenvalue weighted by Gasteiger charge is 2.11.